The molecule has 41 nitrogen and oxygen atoms in total. The zero-order chi connectivity index (χ0) is 90.1. The number of nitrogens with one attached hydrogen (secondary N) is 1. The molecular formula is C82H153NO40. The van der Waals surface area contributed by atoms with Gasteiger partial charge in [0.2, 0.25) is 5.91 Å². The Hall–Kier alpha value is -2.09. The molecule has 0 saturated carbocycles. The largest absolute Gasteiger partial charge is 0.394 e. The number of aliphatic hydroxyl groups excluding tert-OH is 17. The van der Waals surface area contributed by atoms with Crippen LogP contribution >= 0.6 is 0 Å². The number of fused-ring (bicyclic) bond motifs is 14. The zero-order valence-electron chi connectivity index (χ0n) is 73.3. The van der Waals surface area contributed by atoms with Crippen molar-refractivity contribution in [1.82, 2.24) is 5.32 Å². The van der Waals surface area contributed by atoms with E-state index in [0.29, 0.717) is 52.9 Å². The summed E-state index contributed by atoms with van der Waals surface area (Å²) in [5, 5.41) is 167. The van der Waals surface area contributed by atoms with E-state index in [4.69, 9.17) is 120 Å². The number of hydrogen-bond donors (Lipinski definition) is 18. The van der Waals surface area contributed by atoms with E-state index in [-0.39, 0.29) is 148 Å². The summed E-state index contributed by atoms with van der Waals surface area (Å²) in [6.07, 6.45) is -8.37. The Bertz CT molecular complexity index is 2880. The lowest BCUT2D eigenvalue weighted by Gasteiger charge is -2.41. The molecule has 1 amide bonds. The smallest absolute Gasteiger partial charge is 0.217 e. The number of unbranched alkanes of at least 4 members (excludes halogenated alkanes) is 4. The Balaban J connectivity index is 0.000000218. The molecule has 0 aliphatic carbocycles. The molecule has 123 heavy (non-hydrogen) atoms. The van der Waals surface area contributed by atoms with Gasteiger partial charge in [-0.1, -0.05) is 89.0 Å². The Labute approximate surface area is 722 Å². The van der Waals surface area contributed by atoms with E-state index in [9.17, 15) is 76.3 Å². The molecule has 14 bridgehead atoms. The minimum Gasteiger partial charge on any atom is -0.394 e. The molecule has 0 aromatic heterocycles. The van der Waals surface area contributed by atoms with E-state index < -0.39 is 181 Å². The average Bonchev–Trinajstić information content (AvgIpc) is 1.66. The van der Waals surface area contributed by atoms with Crippen molar-refractivity contribution in [2.24, 2.45) is 35.5 Å². The minimum absolute atomic E-state index is 0. The van der Waals surface area contributed by atoms with E-state index in [0.717, 1.165) is 51.4 Å². The lowest BCUT2D eigenvalue weighted by atomic mass is 9.86. The van der Waals surface area contributed by atoms with Crippen LogP contribution in [0.3, 0.4) is 0 Å². The fourth-order valence-corrected chi connectivity index (χ4v) is 16.3. The molecule has 0 aromatic carbocycles. The number of carbonyl (C=O) groups is 1. The molecule has 14 rings (SSSR count). The van der Waals surface area contributed by atoms with Crippen LogP contribution in [-0.2, 0) is 109 Å². The first-order valence-corrected chi connectivity index (χ1v) is 43.2. The monoisotopic (exact) mass is 1790 g/mol. The van der Waals surface area contributed by atoms with Crippen molar-refractivity contribution in [2.75, 3.05) is 173 Å². The van der Waals surface area contributed by atoms with Gasteiger partial charge in [-0.05, 0) is 39.0 Å². The molecule has 0 radical (unpaired) electrons. The Morgan fingerprint density at radius 3 is 0.846 bits per heavy atom. The molecule has 14 aliphatic heterocycles. The zero-order valence-corrected chi connectivity index (χ0v) is 73.3. The number of carbonyl (C=O) groups excluding carboxylic acids is 1. The Kier molecular flexibility index (Phi) is 45.7. The second-order valence-electron chi connectivity index (χ2n) is 34.2. The third-order valence-electron chi connectivity index (χ3n) is 24.6. The Morgan fingerprint density at radius 2 is 0.569 bits per heavy atom. The van der Waals surface area contributed by atoms with Crippen LogP contribution in [0.2, 0.25) is 0 Å². The highest BCUT2D eigenvalue weighted by Crippen LogP contribution is 2.46. The second-order valence-corrected chi connectivity index (χ2v) is 34.2. The first-order valence-electron chi connectivity index (χ1n) is 43.2. The van der Waals surface area contributed by atoms with Gasteiger partial charge >= 0.3 is 0 Å². The second kappa shape index (κ2) is 51.2. The maximum Gasteiger partial charge on any atom is 0.217 e. The molecule has 726 valence electrons. The molecule has 14 aliphatic rings. The predicted molar refractivity (Wildman–Crippen MR) is 428 cm³/mol. The summed E-state index contributed by atoms with van der Waals surface area (Å²) in [6.45, 7) is 27.8. The standard InChI is InChI=1S/C13H24O5.C12H22O5.C11H20O5.C10H18O5.C9H15NO6.2C9H16O5.C8H18O4.CH4/c1-3-4-5-6-16-7-13-8-17-12(18-13)9(2)10(14)11(13)15;1-3-4-5-15-6-12-7-16-11(17-12)8(2)9(13)10(12)14;1-3-4-14-5-11-6-15-10(16-11)7(2)8(12)9(11)13;1-3-13-4-10-5-14-9(15-10)6(2)7(11)8(10)12;1-4(12)10-5-6(13)7(14)9(2-11)3-15-8(5)16-9;2*1-5-6(10)7(11)9(3-12-2)4-13-8(5)14-9;9-3-7-11-5-1-2-6-12-8-4-10;/h9-12,14-15H,3-8H2,1-2H3;8-11,13-14H,3-7H2,1-2H3;7-10,12-13H,3-6H2,1-2H3;6-9,11-12H,3-5H2,1-2H3;5-8,11,13-14H,2-3H2,1H3,(H,10,12);2*5-8,10-11H,3-4H2,1-2H3;9-10H,1-8H2;1H4/t9-,10-,11-,12+,13+;8-,9-,10-,11+,12+;7-,8-,9-,10+,11+;6-,7-,8-,9+,10+;3*5-,6-,7-,8+,9+;;/m1111111../s1. The normalized spacial score (nSPS) is 43.8. The molecule has 35 atom stereocenters. The summed E-state index contributed by atoms with van der Waals surface area (Å²) in [5.74, 6) is -1.62. The van der Waals surface area contributed by atoms with E-state index in [1.807, 2.05) is 27.7 Å². The molecule has 14 fully saturated rings. The van der Waals surface area contributed by atoms with Gasteiger partial charge in [-0.15, -0.1) is 0 Å². The van der Waals surface area contributed by atoms with Crippen molar-refractivity contribution in [3.05, 3.63) is 0 Å². The van der Waals surface area contributed by atoms with E-state index in [1.165, 1.54) is 21.1 Å². The summed E-state index contributed by atoms with van der Waals surface area (Å²) < 4.78 is 119. The van der Waals surface area contributed by atoms with Gasteiger partial charge in [-0.2, -0.15) is 0 Å². The molecule has 41 heteroatoms. The third kappa shape index (κ3) is 26.5. The van der Waals surface area contributed by atoms with Crippen molar-refractivity contribution in [3.63, 3.8) is 0 Å². The van der Waals surface area contributed by atoms with Crippen LogP contribution in [-0.4, -0.2) is 440 Å². The van der Waals surface area contributed by atoms with Gasteiger partial charge < -0.3 is 196 Å². The summed E-state index contributed by atoms with van der Waals surface area (Å²) in [7, 11) is 3.06. The topological polar surface area (TPSA) is 576 Å². The van der Waals surface area contributed by atoms with E-state index in [2.05, 4.69) is 19.2 Å². The van der Waals surface area contributed by atoms with Crippen molar-refractivity contribution in [3.8, 4) is 0 Å². The molecule has 0 spiro atoms. The van der Waals surface area contributed by atoms with Gasteiger partial charge in [0.1, 0.15) is 94.1 Å². The molecule has 18 N–H and O–H groups in total. The SMILES string of the molecule is C.CC(=O)N[C@H]1[C@H]2OC[C@](CO)(O2)[C@H](O)[C@@H]1O.CCCCCOC[C@@]12CO[C@@H](O1)[C@H](C)[C@@H](O)[C@H]2O.CCCCOC[C@@]12CO[C@@H](O1)[C@H](C)[C@@H](O)[C@H]2O.CCCOC[C@@]12CO[C@@H](O1)[C@H](C)[C@@H](O)[C@H]2O.CCOC[C@@]12CO[C@@H](O1)[C@H](C)[C@@H](O)[C@H]2O.COC[C@@]12CO[C@@H](O1)[C@H](C)[C@@H](O)[C@H]2O.COC[C@@]12CO[C@@H](O1)[C@H](C)[C@@H](O)[C@H]2O.OCCOCCCCOCCO. The van der Waals surface area contributed by atoms with Crippen LogP contribution in [0.1, 0.15) is 135 Å². The summed E-state index contributed by atoms with van der Waals surface area (Å²) in [4.78, 5) is 10.9. The number of rotatable bonds is 33. The predicted octanol–water partition coefficient (Wildman–Crippen LogP) is -3.65. The van der Waals surface area contributed by atoms with Crippen LogP contribution < -0.4 is 5.32 Å². The quantitative estimate of drug-likeness (QED) is 0.0282. The number of aliphatic hydroxyl groups is 17. The van der Waals surface area contributed by atoms with Crippen LogP contribution in [0.5, 0.6) is 0 Å². The van der Waals surface area contributed by atoms with Gasteiger partial charge in [-0.25, -0.2) is 0 Å². The number of ether oxygens (including phenoxy) is 22. The van der Waals surface area contributed by atoms with Gasteiger partial charge in [-0.3, -0.25) is 4.79 Å². The highest BCUT2D eigenvalue weighted by molar-refractivity contribution is 5.73. The fourth-order valence-electron chi connectivity index (χ4n) is 16.3. The van der Waals surface area contributed by atoms with Crippen LogP contribution in [0.15, 0.2) is 0 Å². The van der Waals surface area contributed by atoms with Crippen molar-refractivity contribution < 1.29 is 196 Å². The molecule has 0 aromatic rings. The van der Waals surface area contributed by atoms with Crippen LogP contribution in [0.4, 0.5) is 0 Å². The molecule has 0 unspecified atom stereocenters. The first-order chi connectivity index (χ1) is 58.0. The lowest BCUT2D eigenvalue weighted by molar-refractivity contribution is -0.248. The average molecular weight is 1790 g/mol. The van der Waals surface area contributed by atoms with Crippen molar-refractivity contribution in [1.29, 1.82) is 0 Å². The van der Waals surface area contributed by atoms with Crippen LogP contribution in [0.25, 0.3) is 0 Å². The minimum atomic E-state index is -1.30. The van der Waals surface area contributed by atoms with Gasteiger partial charge in [0.15, 0.2) is 44.0 Å². The highest BCUT2D eigenvalue weighted by atomic mass is 16.8. The van der Waals surface area contributed by atoms with Crippen LogP contribution in [0, 0.1) is 35.5 Å². The third-order valence-corrected chi connectivity index (χ3v) is 24.6. The fraction of sp³-hybridized carbons (Fsp3) is 0.988. The number of amides is 1. The Morgan fingerprint density at radius 1 is 0.317 bits per heavy atom. The van der Waals surface area contributed by atoms with Gasteiger partial charge in [0, 0.05) is 96.3 Å². The van der Waals surface area contributed by atoms with Crippen molar-refractivity contribution in [2.45, 2.75) is 310 Å². The molecule has 14 saturated heterocycles. The number of hydrogen-bond acceptors (Lipinski definition) is 40. The van der Waals surface area contributed by atoms with E-state index >= 15 is 0 Å². The van der Waals surface area contributed by atoms with Gasteiger partial charge in [0.05, 0.1) is 156 Å². The number of methoxy groups -OCH3 is 2. The van der Waals surface area contributed by atoms with Gasteiger partial charge in [0.25, 0.3) is 0 Å². The summed E-state index contributed by atoms with van der Waals surface area (Å²) in [6, 6.07) is -0.824. The summed E-state index contributed by atoms with van der Waals surface area (Å²) in [5.41, 5.74) is -6.58. The summed E-state index contributed by atoms with van der Waals surface area (Å²) >= 11 is 0. The first kappa shape index (κ1) is 110. The maximum absolute atomic E-state index is 10.9. The van der Waals surface area contributed by atoms with Crippen molar-refractivity contribution >= 4 is 5.91 Å². The molecule has 14 heterocycles. The highest BCUT2D eigenvalue weighted by Gasteiger charge is 2.65. The molecular weight excluding hydrogens is 1640 g/mol. The van der Waals surface area contributed by atoms with E-state index in [1.54, 1.807) is 27.7 Å². The maximum atomic E-state index is 10.9. The lowest BCUT2D eigenvalue weighted by Crippen LogP contribution is -2.66.